The van der Waals surface area contributed by atoms with E-state index >= 15 is 0 Å². The molecule has 4 rings (SSSR count). The van der Waals surface area contributed by atoms with Gasteiger partial charge >= 0.3 is 0 Å². The summed E-state index contributed by atoms with van der Waals surface area (Å²) in [5.74, 6) is -0.636. The fourth-order valence-corrected chi connectivity index (χ4v) is 4.19. The van der Waals surface area contributed by atoms with E-state index < -0.39 is 0 Å². The van der Waals surface area contributed by atoms with Crippen molar-refractivity contribution in [2.45, 2.75) is 46.0 Å². The summed E-state index contributed by atoms with van der Waals surface area (Å²) >= 11 is 0. The van der Waals surface area contributed by atoms with Gasteiger partial charge in [0.05, 0.1) is 41.1 Å². The van der Waals surface area contributed by atoms with Crippen LogP contribution in [-0.4, -0.2) is 62.9 Å². The van der Waals surface area contributed by atoms with Crippen LogP contribution in [0.2, 0.25) is 0 Å². The SMILES string of the molecule is Cc1ncc(NC(=O)c2cc(C#N)cc(C(C)(C)C)c2)cc1-n1cc(C(=O)NCCN2CCCC2)nn1. The fourth-order valence-electron chi connectivity index (χ4n) is 4.19. The minimum Gasteiger partial charge on any atom is -0.349 e. The van der Waals surface area contributed by atoms with Gasteiger partial charge in [-0.3, -0.25) is 14.6 Å². The Morgan fingerprint density at radius 2 is 1.86 bits per heavy atom. The Kier molecular flexibility index (Phi) is 7.64. The molecule has 10 nitrogen and oxygen atoms in total. The van der Waals surface area contributed by atoms with Crippen LogP contribution in [0.5, 0.6) is 0 Å². The molecule has 1 aliphatic heterocycles. The molecular weight excluding hydrogens is 468 g/mol. The third-order valence-corrected chi connectivity index (χ3v) is 6.39. The van der Waals surface area contributed by atoms with Gasteiger partial charge in [-0.25, -0.2) is 4.68 Å². The summed E-state index contributed by atoms with van der Waals surface area (Å²) in [5, 5.41) is 23.3. The first-order valence-corrected chi connectivity index (χ1v) is 12.4. The second-order valence-corrected chi connectivity index (χ2v) is 10.3. The van der Waals surface area contributed by atoms with E-state index in [4.69, 9.17) is 0 Å². The largest absolute Gasteiger partial charge is 0.349 e. The molecular formula is C27H32N8O2. The molecule has 0 unspecified atom stereocenters. The number of benzene rings is 1. The van der Waals surface area contributed by atoms with Crippen molar-refractivity contribution in [2.75, 3.05) is 31.5 Å². The predicted molar refractivity (Wildman–Crippen MR) is 140 cm³/mol. The Balaban J connectivity index is 1.47. The highest BCUT2D eigenvalue weighted by atomic mass is 16.2. The second-order valence-electron chi connectivity index (χ2n) is 10.3. The molecule has 1 aromatic carbocycles. The van der Waals surface area contributed by atoms with Gasteiger partial charge in [-0.15, -0.1) is 5.10 Å². The van der Waals surface area contributed by atoms with E-state index in [-0.39, 0.29) is 22.9 Å². The van der Waals surface area contributed by atoms with Gasteiger partial charge in [0.2, 0.25) is 0 Å². The molecule has 37 heavy (non-hydrogen) atoms. The van der Waals surface area contributed by atoms with E-state index in [0.717, 1.165) is 25.2 Å². The third kappa shape index (κ3) is 6.37. The highest BCUT2D eigenvalue weighted by Crippen LogP contribution is 2.25. The van der Waals surface area contributed by atoms with E-state index in [9.17, 15) is 14.9 Å². The number of likely N-dealkylation sites (tertiary alicyclic amines) is 1. The average Bonchev–Trinajstić information content (AvgIpc) is 3.57. The Bertz CT molecular complexity index is 1340. The number of nitrogens with one attached hydrogen (secondary N) is 2. The minimum atomic E-state index is -0.351. The molecule has 2 N–H and O–H groups in total. The number of nitrogens with zero attached hydrogens (tertiary/aromatic N) is 6. The first kappa shape index (κ1) is 26.0. The molecule has 192 valence electrons. The fraction of sp³-hybridized carbons (Fsp3) is 0.407. The quantitative estimate of drug-likeness (QED) is 0.510. The molecule has 1 saturated heterocycles. The normalized spacial score (nSPS) is 13.8. The molecule has 0 spiro atoms. The number of anilines is 1. The number of hydrogen-bond donors (Lipinski definition) is 2. The molecule has 1 aliphatic rings. The number of amides is 2. The van der Waals surface area contributed by atoms with Gasteiger partial charge < -0.3 is 15.5 Å². The van der Waals surface area contributed by atoms with Crippen LogP contribution in [-0.2, 0) is 5.41 Å². The average molecular weight is 501 g/mol. The van der Waals surface area contributed by atoms with Gasteiger partial charge in [-0.1, -0.05) is 26.0 Å². The van der Waals surface area contributed by atoms with Crippen LogP contribution in [0.25, 0.3) is 5.69 Å². The summed E-state index contributed by atoms with van der Waals surface area (Å²) in [7, 11) is 0. The lowest BCUT2D eigenvalue weighted by Gasteiger charge is -2.20. The number of nitriles is 1. The molecule has 3 aromatic rings. The standard InChI is InChI=1S/C27H32N8O2/c1-18-24(35-17-23(32-33-35)26(37)29-7-10-34-8-5-6-9-34)14-22(16-30-18)31-25(36)20-11-19(15-28)12-21(13-20)27(2,3)4/h11-14,16-17H,5-10H2,1-4H3,(H,29,37)(H,31,36). The van der Waals surface area contributed by atoms with Gasteiger partial charge in [0.25, 0.3) is 11.8 Å². The second kappa shape index (κ2) is 10.9. The van der Waals surface area contributed by atoms with E-state index in [0.29, 0.717) is 34.7 Å². The van der Waals surface area contributed by atoms with Gasteiger partial charge in [0.15, 0.2) is 5.69 Å². The van der Waals surface area contributed by atoms with Crippen LogP contribution in [0, 0.1) is 18.3 Å². The Morgan fingerprint density at radius 1 is 1.11 bits per heavy atom. The number of carbonyl (C=O) groups excluding carboxylic acids is 2. The first-order chi connectivity index (χ1) is 17.6. The lowest BCUT2D eigenvalue weighted by molar-refractivity contribution is 0.0944. The van der Waals surface area contributed by atoms with Crippen molar-refractivity contribution in [2.24, 2.45) is 0 Å². The lowest BCUT2D eigenvalue weighted by Crippen LogP contribution is -2.33. The molecule has 0 radical (unpaired) electrons. The number of rotatable bonds is 7. The van der Waals surface area contributed by atoms with Gasteiger partial charge in [0, 0.05) is 18.7 Å². The van der Waals surface area contributed by atoms with Crippen molar-refractivity contribution < 1.29 is 9.59 Å². The molecule has 0 aliphatic carbocycles. The van der Waals surface area contributed by atoms with E-state index in [1.807, 2.05) is 27.7 Å². The summed E-state index contributed by atoms with van der Waals surface area (Å²) in [6, 6.07) is 9.02. The number of carbonyl (C=O) groups is 2. The molecule has 10 heteroatoms. The van der Waals surface area contributed by atoms with E-state index in [1.165, 1.54) is 17.5 Å². The topological polar surface area (TPSA) is 129 Å². The zero-order valence-electron chi connectivity index (χ0n) is 21.7. The maximum atomic E-state index is 13.0. The number of pyridine rings is 1. The van der Waals surface area contributed by atoms with Crippen molar-refractivity contribution >= 4 is 17.5 Å². The zero-order valence-corrected chi connectivity index (χ0v) is 21.7. The Hall–Kier alpha value is -4.10. The Morgan fingerprint density at radius 3 is 2.57 bits per heavy atom. The van der Waals surface area contributed by atoms with E-state index in [1.54, 1.807) is 36.7 Å². The van der Waals surface area contributed by atoms with Gasteiger partial charge in [0.1, 0.15) is 0 Å². The molecule has 2 aromatic heterocycles. The first-order valence-electron chi connectivity index (χ1n) is 12.4. The lowest BCUT2D eigenvalue weighted by atomic mass is 9.85. The molecule has 0 bridgehead atoms. The third-order valence-electron chi connectivity index (χ3n) is 6.39. The molecule has 0 saturated carbocycles. The van der Waals surface area contributed by atoms with Crippen LogP contribution >= 0.6 is 0 Å². The van der Waals surface area contributed by atoms with Crippen molar-refractivity contribution in [1.29, 1.82) is 5.26 Å². The maximum absolute atomic E-state index is 13.0. The number of aromatic nitrogens is 4. The zero-order chi connectivity index (χ0) is 26.6. The van der Waals surface area contributed by atoms with Crippen LogP contribution in [0.3, 0.4) is 0 Å². The highest BCUT2D eigenvalue weighted by molar-refractivity contribution is 6.04. The minimum absolute atomic E-state index is 0.207. The van der Waals surface area contributed by atoms with Gasteiger partial charge in [-0.2, -0.15) is 5.26 Å². The van der Waals surface area contributed by atoms with Crippen molar-refractivity contribution in [1.82, 2.24) is 30.2 Å². The summed E-state index contributed by atoms with van der Waals surface area (Å²) in [6.07, 6.45) is 5.52. The monoisotopic (exact) mass is 500 g/mol. The summed E-state index contributed by atoms with van der Waals surface area (Å²) in [4.78, 5) is 32.3. The van der Waals surface area contributed by atoms with Crippen LogP contribution in [0.1, 0.15) is 71.3 Å². The molecule has 0 atom stereocenters. The van der Waals surface area contributed by atoms with Crippen molar-refractivity contribution in [3.8, 4) is 11.8 Å². The Labute approximate surface area is 216 Å². The maximum Gasteiger partial charge on any atom is 0.273 e. The van der Waals surface area contributed by atoms with Crippen LogP contribution in [0.15, 0.2) is 36.7 Å². The van der Waals surface area contributed by atoms with Crippen LogP contribution < -0.4 is 10.6 Å². The number of aryl methyl sites for hydroxylation is 1. The summed E-state index contributed by atoms with van der Waals surface area (Å²) in [6.45, 7) is 11.4. The number of hydrogen-bond acceptors (Lipinski definition) is 7. The van der Waals surface area contributed by atoms with Gasteiger partial charge in [-0.05, 0) is 68.1 Å². The summed E-state index contributed by atoms with van der Waals surface area (Å²) < 4.78 is 1.47. The van der Waals surface area contributed by atoms with Crippen molar-refractivity contribution in [3.63, 3.8) is 0 Å². The highest BCUT2D eigenvalue weighted by Gasteiger charge is 2.19. The van der Waals surface area contributed by atoms with Crippen molar-refractivity contribution in [3.05, 3.63) is 64.7 Å². The van der Waals surface area contributed by atoms with E-state index in [2.05, 4.69) is 36.9 Å². The molecule has 3 heterocycles. The molecule has 2 amide bonds. The predicted octanol–water partition coefficient (Wildman–Crippen LogP) is 3.22. The summed E-state index contributed by atoms with van der Waals surface area (Å²) in [5.41, 5.74) is 3.40. The smallest absolute Gasteiger partial charge is 0.273 e. The van der Waals surface area contributed by atoms with Crippen LogP contribution in [0.4, 0.5) is 5.69 Å². The molecule has 1 fully saturated rings.